The van der Waals surface area contributed by atoms with E-state index in [1.807, 2.05) is 0 Å². The Bertz CT molecular complexity index is 521. The number of hydrogen-bond donors (Lipinski definition) is 1. The second kappa shape index (κ2) is 5.38. The highest BCUT2D eigenvalue weighted by molar-refractivity contribution is 8.01. The molecule has 2 aromatic rings. The Labute approximate surface area is 115 Å². The van der Waals surface area contributed by atoms with E-state index < -0.39 is 0 Å². The summed E-state index contributed by atoms with van der Waals surface area (Å²) in [6.07, 6.45) is 2.67. The fourth-order valence-electron chi connectivity index (χ4n) is 1.78. The molecule has 3 rings (SSSR count). The quantitative estimate of drug-likeness (QED) is 0.910. The van der Waals surface area contributed by atoms with Gasteiger partial charge in [-0.25, -0.2) is 0 Å². The molecule has 0 radical (unpaired) electrons. The molecule has 3 nitrogen and oxygen atoms in total. The maximum absolute atomic E-state index is 4.05. The Morgan fingerprint density at radius 2 is 2.33 bits per heavy atom. The van der Waals surface area contributed by atoms with E-state index in [0.29, 0.717) is 0 Å². The van der Waals surface area contributed by atoms with Gasteiger partial charge in [-0.2, -0.15) is 0 Å². The van der Waals surface area contributed by atoms with Crippen LogP contribution in [0.25, 0.3) is 0 Å². The average molecular weight is 277 g/mol. The van der Waals surface area contributed by atoms with Gasteiger partial charge in [-0.15, -0.1) is 10.2 Å². The van der Waals surface area contributed by atoms with Crippen LogP contribution in [0.5, 0.6) is 0 Å². The fourth-order valence-corrected chi connectivity index (χ4v) is 3.33. The van der Waals surface area contributed by atoms with Crippen LogP contribution < -0.4 is 5.32 Å². The van der Waals surface area contributed by atoms with Crippen molar-refractivity contribution in [1.29, 1.82) is 0 Å². The number of nitrogens with one attached hydrogen (secondary N) is 1. The van der Waals surface area contributed by atoms with Crippen LogP contribution in [0.4, 0.5) is 0 Å². The van der Waals surface area contributed by atoms with Crippen molar-refractivity contribution in [1.82, 2.24) is 15.5 Å². The molecule has 1 N–H and O–H groups in total. The lowest BCUT2D eigenvalue weighted by Gasteiger charge is -2.08. The van der Waals surface area contributed by atoms with Crippen molar-refractivity contribution in [3.05, 3.63) is 34.8 Å². The van der Waals surface area contributed by atoms with Crippen LogP contribution in [0.3, 0.4) is 0 Å². The largest absolute Gasteiger partial charge is 0.310 e. The second-order valence-electron chi connectivity index (χ2n) is 4.55. The van der Waals surface area contributed by atoms with Crippen LogP contribution in [-0.4, -0.2) is 16.2 Å². The van der Waals surface area contributed by atoms with Crippen molar-refractivity contribution < 1.29 is 0 Å². The first-order valence-corrected chi connectivity index (χ1v) is 7.78. The lowest BCUT2D eigenvalue weighted by atomic mass is 10.1. The normalized spacial score (nSPS) is 14.9. The van der Waals surface area contributed by atoms with Crippen molar-refractivity contribution >= 4 is 23.1 Å². The van der Waals surface area contributed by atoms with Crippen LogP contribution in [0.15, 0.2) is 32.9 Å². The molecule has 1 fully saturated rings. The third kappa shape index (κ3) is 3.10. The first kappa shape index (κ1) is 12.1. The summed E-state index contributed by atoms with van der Waals surface area (Å²) in [6, 6.07) is 7.38. The maximum atomic E-state index is 4.05. The summed E-state index contributed by atoms with van der Waals surface area (Å²) in [5, 5.41) is 11.5. The van der Waals surface area contributed by atoms with E-state index in [9.17, 15) is 0 Å². The molecule has 0 unspecified atom stereocenters. The monoisotopic (exact) mass is 277 g/mol. The molecule has 18 heavy (non-hydrogen) atoms. The molecule has 1 aromatic heterocycles. The van der Waals surface area contributed by atoms with E-state index in [1.165, 1.54) is 28.9 Å². The summed E-state index contributed by atoms with van der Waals surface area (Å²) >= 11 is 3.26. The van der Waals surface area contributed by atoms with Gasteiger partial charge >= 0.3 is 0 Å². The Hall–Kier alpha value is -0.910. The van der Waals surface area contributed by atoms with Crippen LogP contribution in [0.1, 0.15) is 24.0 Å². The van der Waals surface area contributed by atoms with Gasteiger partial charge in [0.25, 0.3) is 0 Å². The van der Waals surface area contributed by atoms with Crippen molar-refractivity contribution in [3.63, 3.8) is 0 Å². The molecule has 0 amide bonds. The minimum atomic E-state index is 0.764. The van der Waals surface area contributed by atoms with Crippen LogP contribution in [0, 0.1) is 6.92 Å². The van der Waals surface area contributed by atoms with E-state index in [1.54, 1.807) is 28.6 Å². The van der Waals surface area contributed by atoms with E-state index in [4.69, 9.17) is 0 Å². The highest BCUT2D eigenvalue weighted by atomic mass is 32.2. The van der Waals surface area contributed by atoms with Gasteiger partial charge in [-0.05, 0) is 43.0 Å². The third-order valence-electron chi connectivity index (χ3n) is 3.02. The Balaban J connectivity index is 1.67. The zero-order chi connectivity index (χ0) is 12.4. The van der Waals surface area contributed by atoms with Gasteiger partial charge < -0.3 is 5.32 Å². The highest BCUT2D eigenvalue weighted by Gasteiger charge is 2.20. The van der Waals surface area contributed by atoms with Crippen LogP contribution >= 0.6 is 23.1 Å². The van der Waals surface area contributed by atoms with Crippen molar-refractivity contribution in [2.24, 2.45) is 0 Å². The molecular weight excluding hydrogens is 262 g/mol. The lowest BCUT2D eigenvalue weighted by Crippen LogP contribution is -2.15. The van der Waals surface area contributed by atoms with Crippen molar-refractivity contribution in [2.45, 2.75) is 41.6 Å². The van der Waals surface area contributed by atoms with Crippen molar-refractivity contribution in [3.8, 4) is 0 Å². The summed E-state index contributed by atoms with van der Waals surface area (Å²) in [7, 11) is 0. The average Bonchev–Trinajstić information content (AvgIpc) is 3.05. The first-order chi connectivity index (χ1) is 8.81. The van der Waals surface area contributed by atoms with Gasteiger partial charge in [0.1, 0.15) is 5.51 Å². The topological polar surface area (TPSA) is 37.8 Å². The Morgan fingerprint density at radius 3 is 3.00 bits per heavy atom. The minimum absolute atomic E-state index is 0.764. The molecule has 1 saturated carbocycles. The summed E-state index contributed by atoms with van der Waals surface area (Å²) in [4.78, 5) is 1.24. The maximum Gasteiger partial charge on any atom is 0.178 e. The number of rotatable bonds is 5. The molecular formula is C13H15N3S2. The van der Waals surface area contributed by atoms with E-state index in [2.05, 4.69) is 40.6 Å². The molecule has 0 atom stereocenters. The predicted octanol–water partition coefficient (Wildman–Crippen LogP) is 3.25. The number of nitrogens with zero attached hydrogens (tertiary/aromatic N) is 2. The summed E-state index contributed by atoms with van der Waals surface area (Å²) < 4.78 is 0.998. The van der Waals surface area contributed by atoms with Gasteiger partial charge in [-0.1, -0.05) is 29.2 Å². The van der Waals surface area contributed by atoms with E-state index >= 15 is 0 Å². The summed E-state index contributed by atoms with van der Waals surface area (Å²) in [6.45, 7) is 3.16. The number of aromatic nitrogens is 2. The molecule has 1 heterocycles. The van der Waals surface area contributed by atoms with Gasteiger partial charge in [-0.3, -0.25) is 0 Å². The highest BCUT2D eigenvalue weighted by Crippen LogP contribution is 2.30. The summed E-state index contributed by atoms with van der Waals surface area (Å²) in [5.41, 5.74) is 4.50. The number of hydrogen-bond acceptors (Lipinski definition) is 5. The predicted molar refractivity (Wildman–Crippen MR) is 75.1 cm³/mol. The number of aryl methyl sites for hydroxylation is 1. The standard InChI is InChI=1S/C13H15N3S2/c1-9-6-12(18-13-16-15-8-17-13)5-2-10(9)7-14-11-3-4-11/h2,5-6,8,11,14H,3-4,7H2,1H3. The molecule has 0 bridgehead atoms. The van der Waals surface area contributed by atoms with Gasteiger partial charge in [0.15, 0.2) is 4.34 Å². The SMILES string of the molecule is Cc1cc(Sc2nncs2)ccc1CNC1CC1. The zero-order valence-corrected chi connectivity index (χ0v) is 11.9. The lowest BCUT2D eigenvalue weighted by molar-refractivity contribution is 0.685. The van der Waals surface area contributed by atoms with Gasteiger partial charge in [0.05, 0.1) is 0 Å². The third-order valence-corrected chi connectivity index (χ3v) is 4.79. The minimum Gasteiger partial charge on any atom is -0.310 e. The Kier molecular flexibility index (Phi) is 3.63. The van der Waals surface area contributed by atoms with Crippen molar-refractivity contribution in [2.75, 3.05) is 0 Å². The van der Waals surface area contributed by atoms with E-state index in [-0.39, 0.29) is 0 Å². The molecule has 5 heteroatoms. The number of benzene rings is 1. The first-order valence-electron chi connectivity index (χ1n) is 6.08. The zero-order valence-electron chi connectivity index (χ0n) is 10.2. The molecule has 0 aliphatic heterocycles. The second-order valence-corrected chi connectivity index (χ2v) is 6.70. The molecule has 94 valence electrons. The van der Waals surface area contributed by atoms with Gasteiger partial charge in [0.2, 0.25) is 0 Å². The van der Waals surface area contributed by atoms with Crippen LogP contribution in [-0.2, 0) is 6.54 Å². The molecule has 1 aromatic carbocycles. The smallest absolute Gasteiger partial charge is 0.178 e. The molecule has 1 aliphatic rings. The van der Waals surface area contributed by atoms with E-state index in [0.717, 1.165) is 16.9 Å². The van der Waals surface area contributed by atoms with Crippen LogP contribution in [0.2, 0.25) is 0 Å². The van der Waals surface area contributed by atoms with Gasteiger partial charge in [0, 0.05) is 17.5 Å². The summed E-state index contributed by atoms with van der Waals surface area (Å²) in [5.74, 6) is 0. The molecule has 1 aliphatic carbocycles. The molecule has 0 spiro atoms. The fraction of sp³-hybridized carbons (Fsp3) is 0.385. The Morgan fingerprint density at radius 1 is 1.44 bits per heavy atom. The molecule has 0 saturated heterocycles.